The first-order chi connectivity index (χ1) is 8.40. The fourth-order valence-corrected chi connectivity index (χ4v) is 1.95. The Labute approximate surface area is 97.8 Å². The summed E-state index contributed by atoms with van der Waals surface area (Å²) in [5.41, 5.74) is 2.32. The van der Waals surface area contributed by atoms with Gasteiger partial charge >= 0.3 is 0 Å². The van der Waals surface area contributed by atoms with Gasteiger partial charge in [-0.05, 0) is 18.1 Å². The van der Waals surface area contributed by atoms with Crippen LogP contribution >= 0.6 is 0 Å². The maximum atomic E-state index is 10.3. The molecule has 0 aliphatic rings. The van der Waals surface area contributed by atoms with Crippen LogP contribution in [-0.2, 0) is 4.79 Å². The summed E-state index contributed by atoms with van der Waals surface area (Å²) in [7, 11) is 0. The molecule has 1 heterocycles. The normalized spacial score (nSPS) is 10.1. The molecule has 0 amide bonds. The number of aldehydes is 1. The van der Waals surface area contributed by atoms with Crippen LogP contribution in [0.25, 0.3) is 21.9 Å². The lowest BCUT2D eigenvalue weighted by molar-refractivity contribution is -0.103. The second-order valence-corrected chi connectivity index (χ2v) is 3.67. The second-order valence-electron chi connectivity index (χ2n) is 3.67. The van der Waals surface area contributed by atoms with Gasteiger partial charge in [-0.3, -0.25) is 4.79 Å². The number of furan rings is 1. The molecule has 2 nitrogen and oxygen atoms in total. The van der Waals surface area contributed by atoms with E-state index in [-0.39, 0.29) is 0 Å². The highest BCUT2D eigenvalue weighted by molar-refractivity contribution is 6.06. The molecule has 0 atom stereocenters. The Bertz CT molecular complexity index is 770. The lowest BCUT2D eigenvalue weighted by atomic mass is 10.1. The molecule has 0 aliphatic heterocycles. The first-order valence-electron chi connectivity index (χ1n) is 5.25. The zero-order valence-electron chi connectivity index (χ0n) is 8.94. The van der Waals surface area contributed by atoms with Crippen LogP contribution in [0.5, 0.6) is 0 Å². The molecule has 2 aromatic carbocycles. The Kier molecular flexibility index (Phi) is 2.16. The van der Waals surface area contributed by atoms with E-state index in [0.717, 1.165) is 27.5 Å². The van der Waals surface area contributed by atoms with E-state index in [1.54, 1.807) is 0 Å². The van der Waals surface area contributed by atoms with Gasteiger partial charge in [-0.15, -0.1) is 0 Å². The van der Waals surface area contributed by atoms with Gasteiger partial charge in [0.25, 0.3) is 0 Å². The van der Waals surface area contributed by atoms with E-state index in [2.05, 4.69) is 11.8 Å². The zero-order chi connectivity index (χ0) is 11.7. The quantitative estimate of drug-likeness (QED) is 0.430. The highest BCUT2D eigenvalue weighted by Crippen LogP contribution is 2.30. The van der Waals surface area contributed by atoms with Crippen molar-refractivity contribution in [2.24, 2.45) is 0 Å². The molecule has 0 unspecified atom stereocenters. The predicted molar refractivity (Wildman–Crippen MR) is 66.7 cm³/mol. The standard InChI is InChI=1S/C15H8O2/c16-10-4-6-11-5-3-8-13-12-7-1-2-9-14(12)17-15(11)13/h1-3,5,7-10H. The first-order valence-corrected chi connectivity index (χ1v) is 5.25. The van der Waals surface area contributed by atoms with Crippen molar-refractivity contribution in [3.8, 4) is 11.8 Å². The third kappa shape index (κ3) is 1.49. The number of carbonyl (C=O) groups excluding carboxylic acids is 1. The molecule has 2 heteroatoms. The average molecular weight is 220 g/mol. The third-order valence-corrected chi connectivity index (χ3v) is 2.67. The van der Waals surface area contributed by atoms with Crippen molar-refractivity contribution in [1.82, 2.24) is 0 Å². The molecule has 0 radical (unpaired) electrons. The Hall–Kier alpha value is -2.53. The van der Waals surface area contributed by atoms with Gasteiger partial charge in [0.05, 0.1) is 5.56 Å². The fourth-order valence-electron chi connectivity index (χ4n) is 1.95. The van der Waals surface area contributed by atoms with E-state index >= 15 is 0 Å². The summed E-state index contributed by atoms with van der Waals surface area (Å²) in [6.07, 6.45) is 0.585. The molecule has 0 saturated heterocycles. The van der Waals surface area contributed by atoms with Crippen LogP contribution in [0.3, 0.4) is 0 Å². The lowest BCUT2D eigenvalue weighted by Gasteiger charge is -1.91. The van der Waals surface area contributed by atoms with Crippen molar-refractivity contribution in [2.75, 3.05) is 0 Å². The minimum Gasteiger partial charge on any atom is -0.455 e. The Morgan fingerprint density at radius 2 is 1.82 bits per heavy atom. The van der Waals surface area contributed by atoms with Gasteiger partial charge in [0.1, 0.15) is 5.58 Å². The van der Waals surface area contributed by atoms with Crippen molar-refractivity contribution in [2.45, 2.75) is 0 Å². The van der Waals surface area contributed by atoms with E-state index < -0.39 is 0 Å². The van der Waals surface area contributed by atoms with Crippen molar-refractivity contribution in [3.05, 3.63) is 48.0 Å². The summed E-state index contributed by atoms with van der Waals surface area (Å²) in [6, 6.07) is 13.6. The summed E-state index contributed by atoms with van der Waals surface area (Å²) >= 11 is 0. The first kappa shape index (κ1) is 9.68. The Morgan fingerprint density at radius 1 is 1.00 bits per heavy atom. The number of benzene rings is 2. The van der Waals surface area contributed by atoms with E-state index in [0.29, 0.717) is 6.29 Å². The number of para-hydroxylation sites is 2. The van der Waals surface area contributed by atoms with Crippen LogP contribution in [0.1, 0.15) is 5.56 Å². The van der Waals surface area contributed by atoms with Crippen molar-refractivity contribution < 1.29 is 9.21 Å². The monoisotopic (exact) mass is 220 g/mol. The molecule has 17 heavy (non-hydrogen) atoms. The highest BCUT2D eigenvalue weighted by Gasteiger charge is 2.08. The maximum absolute atomic E-state index is 10.3. The molecular weight excluding hydrogens is 212 g/mol. The van der Waals surface area contributed by atoms with Crippen LogP contribution < -0.4 is 0 Å². The highest BCUT2D eigenvalue weighted by atomic mass is 16.3. The number of hydrogen-bond donors (Lipinski definition) is 0. The maximum Gasteiger partial charge on any atom is 0.193 e. The summed E-state index contributed by atoms with van der Waals surface area (Å²) in [4.78, 5) is 10.3. The molecule has 0 spiro atoms. The van der Waals surface area contributed by atoms with Gasteiger partial charge < -0.3 is 4.42 Å². The van der Waals surface area contributed by atoms with Gasteiger partial charge in [0.15, 0.2) is 11.9 Å². The van der Waals surface area contributed by atoms with E-state index in [4.69, 9.17) is 4.42 Å². The van der Waals surface area contributed by atoms with Crippen LogP contribution in [0.4, 0.5) is 0 Å². The van der Waals surface area contributed by atoms with E-state index in [9.17, 15) is 4.79 Å². The molecule has 0 fully saturated rings. The molecule has 0 bridgehead atoms. The molecular formula is C15H8O2. The number of fused-ring (bicyclic) bond motifs is 3. The van der Waals surface area contributed by atoms with Crippen LogP contribution in [0, 0.1) is 11.8 Å². The Morgan fingerprint density at radius 3 is 2.71 bits per heavy atom. The van der Waals surface area contributed by atoms with Crippen molar-refractivity contribution in [3.63, 3.8) is 0 Å². The molecule has 1 aromatic heterocycles. The van der Waals surface area contributed by atoms with Crippen LogP contribution in [0.2, 0.25) is 0 Å². The van der Waals surface area contributed by atoms with Crippen LogP contribution in [-0.4, -0.2) is 6.29 Å². The largest absolute Gasteiger partial charge is 0.455 e. The van der Waals surface area contributed by atoms with E-state index in [1.165, 1.54) is 0 Å². The van der Waals surface area contributed by atoms with E-state index in [1.807, 2.05) is 42.5 Å². The number of hydrogen-bond acceptors (Lipinski definition) is 2. The summed E-state index contributed by atoms with van der Waals surface area (Å²) in [6.45, 7) is 0. The fraction of sp³-hybridized carbons (Fsp3) is 0. The smallest absolute Gasteiger partial charge is 0.193 e. The minimum atomic E-state index is 0.585. The van der Waals surface area contributed by atoms with Gasteiger partial charge in [0.2, 0.25) is 0 Å². The predicted octanol–water partition coefficient (Wildman–Crippen LogP) is 3.14. The number of carbonyl (C=O) groups is 1. The van der Waals surface area contributed by atoms with Crippen molar-refractivity contribution in [1.29, 1.82) is 0 Å². The molecule has 3 rings (SSSR count). The Balaban J connectivity index is 2.43. The molecule has 0 saturated carbocycles. The van der Waals surface area contributed by atoms with Gasteiger partial charge in [-0.2, -0.15) is 0 Å². The number of rotatable bonds is 0. The van der Waals surface area contributed by atoms with Crippen LogP contribution in [0.15, 0.2) is 46.9 Å². The zero-order valence-corrected chi connectivity index (χ0v) is 8.94. The van der Waals surface area contributed by atoms with Gasteiger partial charge in [-0.1, -0.05) is 36.3 Å². The summed E-state index contributed by atoms with van der Waals surface area (Å²) < 4.78 is 5.76. The summed E-state index contributed by atoms with van der Waals surface area (Å²) in [5, 5.41) is 2.09. The third-order valence-electron chi connectivity index (χ3n) is 2.67. The summed E-state index contributed by atoms with van der Waals surface area (Å²) in [5.74, 6) is 5.20. The average Bonchev–Trinajstić information content (AvgIpc) is 2.75. The molecule has 80 valence electrons. The van der Waals surface area contributed by atoms with Gasteiger partial charge in [-0.25, -0.2) is 0 Å². The topological polar surface area (TPSA) is 30.2 Å². The minimum absolute atomic E-state index is 0.585. The van der Waals surface area contributed by atoms with Gasteiger partial charge in [0, 0.05) is 10.8 Å². The molecule has 0 aliphatic carbocycles. The second kappa shape index (κ2) is 3.80. The van der Waals surface area contributed by atoms with Crippen molar-refractivity contribution >= 4 is 28.2 Å². The molecule has 0 N–H and O–H groups in total. The lowest BCUT2D eigenvalue weighted by Crippen LogP contribution is -1.75. The SMILES string of the molecule is O=CC#Cc1cccc2c1oc1ccccc12. The molecule has 3 aromatic rings.